The predicted octanol–water partition coefficient (Wildman–Crippen LogP) is -1.03. The van der Waals surface area contributed by atoms with Crippen molar-refractivity contribution in [1.82, 2.24) is 15.6 Å². The summed E-state index contributed by atoms with van der Waals surface area (Å²) in [6.07, 6.45) is 2.82. The molecule has 1 aliphatic rings. The third-order valence-corrected chi connectivity index (χ3v) is 3.11. The summed E-state index contributed by atoms with van der Waals surface area (Å²) in [6.45, 7) is 2.52. The van der Waals surface area contributed by atoms with E-state index >= 15 is 0 Å². The summed E-state index contributed by atoms with van der Waals surface area (Å²) in [4.78, 5) is 25.0. The van der Waals surface area contributed by atoms with E-state index in [1.54, 1.807) is 14.0 Å². The van der Waals surface area contributed by atoms with Crippen LogP contribution in [0.3, 0.4) is 0 Å². The molecule has 0 aromatic carbocycles. The van der Waals surface area contributed by atoms with Gasteiger partial charge in [0.05, 0.1) is 12.1 Å². The first-order valence-corrected chi connectivity index (χ1v) is 5.59. The average molecular weight is 228 g/mol. The number of hydrogen-bond donors (Lipinski definition) is 3. The standard InChI is InChI=1S/C10H20N4O2/c1-7(9(15)13-11)14-6-4-3-5-8(14)10(16)12-2/h7-8H,3-6,11H2,1-2H3,(H,12,16)(H,13,15). The van der Waals surface area contributed by atoms with E-state index in [-0.39, 0.29) is 23.9 Å². The zero-order chi connectivity index (χ0) is 12.1. The number of hydrogen-bond acceptors (Lipinski definition) is 4. The van der Waals surface area contributed by atoms with E-state index in [1.807, 2.05) is 4.90 Å². The molecule has 2 atom stereocenters. The van der Waals surface area contributed by atoms with Crippen molar-refractivity contribution in [3.05, 3.63) is 0 Å². The van der Waals surface area contributed by atoms with Crippen LogP contribution in [0.4, 0.5) is 0 Å². The number of likely N-dealkylation sites (N-methyl/N-ethyl adjacent to an activating group) is 1. The van der Waals surface area contributed by atoms with Crippen LogP contribution in [0, 0.1) is 0 Å². The maximum absolute atomic E-state index is 11.7. The van der Waals surface area contributed by atoms with E-state index in [4.69, 9.17) is 5.84 Å². The van der Waals surface area contributed by atoms with Gasteiger partial charge in [-0.1, -0.05) is 6.42 Å². The molecular formula is C10H20N4O2. The number of nitrogens with one attached hydrogen (secondary N) is 2. The van der Waals surface area contributed by atoms with Gasteiger partial charge < -0.3 is 5.32 Å². The first-order chi connectivity index (χ1) is 7.61. The Morgan fingerprint density at radius 1 is 1.44 bits per heavy atom. The fourth-order valence-corrected chi connectivity index (χ4v) is 2.14. The maximum Gasteiger partial charge on any atom is 0.250 e. The fraction of sp³-hybridized carbons (Fsp3) is 0.800. The second-order valence-electron chi connectivity index (χ2n) is 4.05. The molecule has 1 fully saturated rings. The number of piperidine rings is 1. The van der Waals surface area contributed by atoms with E-state index in [1.165, 1.54) is 0 Å². The molecular weight excluding hydrogens is 208 g/mol. The Balaban J connectivity index is 2.73. The highest BCUT2D eigenvalue weighted by molar-refractivity contribution is 5.84. The summed E-state index contributed by atoms with van der Waals surface area (Å²) in [7, 11) is 1.61. The normalized spacial score (nSPS) is 23.6. The summed E-state index contributed by atoms with van der Waals surface area (Å²) >= 11 is 0. The second kappa shape index (κ2) is 5.81. The van der Waals surface area contributed by atoms with Gasteiger partial charge in [0, 0.05) is 7.05 Å². The van der Waals surface area contributed by atoms with Crippen LogP contribution in [-0.4, -0.2) is 42.4 Å². The minimum Gasteiger partial charge on any atom is -0.358 e. The molecule has 92 valence electrons. The summed E-state index contributed by atoms with van der Waals surface area (Å²) < 4.78 is 0. The number of hydrazine groups is 1. The molecule has 16 heavy (non-hydrogen) atoms. The lowest BCUT2D eigenvalue weighted by Gasteiger charge is -2.37. The van der Waals surface area contributed by atoms with Crippen molar-refractivity contribution in [1.29, 1.82) is 0 Å². The number of likely N-dealkylation sites (tertiary alicyclic amines) is 1. The number of amides is 2. The Bertz CT molecular complexity index is 270. The van der Waals surface area contributed by atoms with Gasteiger partial charge in [-0.3, -0.25) is 19.9 Å². The van der Waals surface area contributed by atoms with Gasteiger partial charge in [-0.05, 0) is 26.3 Å². The van der Waals surface area contributed by atoms with Crippen molar-refractivity contribution in [3.63, 3.8) is 0 Å². The molecule has 1 saturated heterocycles. The second-order valence-corrected chi connectivity index (χ2v) is 4.05. The van der Waals surface area contributed by atoms with Crippen molar-refractivity contribution in [2.24, 2.45) is 5.84 Å². The summed E-state index contributed by atoms with van der Waals surface area (Å²) in [5.41, 5.74) is 2.13. The molecule has 0 aromatic rings. The van der Waals surface area contributed by atoms with Crippen molar-refractivity contribution in [3.8, 4) is 0 Å². The third-order valence-electron chi connectivity index (χ3n) is 3.11. The van der Waals surface area contributed by atoms with E-state index in [2.05, 4.69) is 10.7 Å². The van der Waals surface area contributed by atoms with Crippen molar-refractivity contribution < 1.29 is 9.59 Å². The lowest BCUT2D eigenvalue weighted by Crippen LogP contribution is -2.57. The highest BCUT2D eigenvalue weighted by Gasteiger charge is 2.33. The van der Waals surface area contributed by atoms with Gasteiger partial charge in [0.25, 0.3) is 5.91 Å². The topological polar surface area (TPSA) is 87.5 Å². The summed E-state index contributed by atoms with van der Waals surface area (Å²) in [6, 6.07) is -0.585. The van der Waals surface area contributed by atoms with Crippen LogP contribution >= 0.6 is 0 Å². The van der Waals surface area contributed by atoms with E-state index in [0.717, 1.165) is 25.8 Å². The SMILES string of the molecule is CNC(=O)C1CCCCN1C(C)C(=O)NN. The number of rotatable bonds is 3. The van der Waals surface area contributed by atoms with Crippen LogP contribution in [-0.2, 0) is 9.59 Å². The quantitative estimate of drug-likeness (QED) is 0.327. The molecule has 0 saturated carbocycles. The van der Waals surface area contributed by atoms with Gasteiger partial charge >= 0.3 is 0 Å². The molecule has 0 aliphatic carbocycles. The van der Waals surface area contributed by atoms with Gasteiger partial charge in [-0.2, -0.15) is 0 Å². The fourth-order valence-electron chi connectivity index (χ4n) is 2.14. The van der Waals surface area contributed by atoms with Crippen LogP contribution in [0.5, 0.6) is 0 Å². The highest BCUT2D eigenvalue weighted by Crippen LogP contribution is 2.19. The Labute approximate surface area is 95.5 Å². The van der Waals surface area contributed by atoms with Crippen LogP contribution in [0.25, 0.3) is 0 Å². The molecule has 4 N–H and O–H groups in total. The van der Waals surface area contributed by atoms with Crippen molar-refractivity contribution in [2.75, 3.05) is 13.6 Å². The molecule has 6 heteroatoms. The van der Waals surface area contributed by atoms with E-state index in [0.29, 0.717) is 0 Å². The Morgan fingerprint density at radius 3 is 2.69 bits per heavy atom. The number of nitrogens with zero attached hydrogens (tertiary/aromatic N) is 1. The molecule has 1 aliphatic heterocycles. The lowest BCUT2D eigenvalue weighted by molar-refractivity contribution is -0.133. The first kappa shape index (κ1) is 12.9. The smallest absolute Gasteiger partial charge is 0.250 e. The molecule has 0 aromatic heterocycles. The lowest BCUT2D eigenvalue weighted by atomic mass is 9.99. The molecule has 2 amide bonds. The third kappa shape index (κ3) is 2.70. The van der Waals surface area contributed by atoms with Crippen LogP contribution in [0.2, 0.25) is 0 Å². The largest absolute Gasteiger partial charge is 0.358 e. The number of carbonyl (C=O) groups excluding carboxylic acids is 2. The van der Waals surface area contributed by atoms with Gasteiger partial charge in [0.1, 0.15) is 0 Å². The van der Waals surface area contributed by atoms with E-state index < -0.39 is 0 Å². The molecule has 1 rings (SSSR count). The zero-order valence-electron chi connectivity index (χ0n) is 9.82. The predicted molar refractivity (Wildman–Crippen MR) is 60.2 cm³/mol. The van der Waals surface area contributed by atoms with Crippen molar-refractivity contribution in [2.45, 2.75) is 38.3 Å². The minimum atomic E-state index is -0.368. The Kier molecular flexibility index (Phi) is 4.70. The summed E-state index contributed by atoms with van der Waals surface area (Å²) in [5, 5.41) is 2.63. The number of carbonyl (C=O) groups is 2. The van der Waals surface area contributed by atoms with Gasteiger partial charge in [0.15, 0.2) is 0 Å². The molecule has 1 heterocycles. The molecule has 6 nitrogen and oxygen atoms in total. The van der Waals surface area contributed by atoms with Crippen LogP contribution in [0.15, 0.2) is 0 Å². The molecule has 0 bridgehead atoms. The van der Waals surface area contributed by atoms with Crippen LogP contribution < -0.4 is 16.6 Å². The van der Waals surface area contributed by atoms with E-state index in [9.17, 15) is 9.59 Å². The molecule has 0 radical (unpaired) electrons. The van der Waals surface area contributed by atoms with Crippen LogP contribution in [0.1, 0.15) is 26.2 Å². The molecule has 0 spiro atoms. The number of nitrogens with two attached hydrogens (primary N) is 1. The van der Waals surface area contributed by atoms with Crippen molar-refractivity contribution >= 4 is 11.8 Å². The van der Waals surface area contributed by atoms with Gasteiger partial charge in [-0.15, -0.1) is 0 Å². The molecule has 2 unspecified atom stereocenters. The zero-order valence-corrected chi connectivity index (χ0v) is 9.82. The maximum atomic E-state index is 11.7. The van der Waals surface area contributed by atoms with Gasteiger partial charge in [-0.25, -0.2) is 5.84 Å². The first-order valence-electron chi connectivity index (χ1n) is 5.59. The monoisotopic (exact) mass is 228 g/mol. The Morgan fingerprint density at radius 2 is 2.12 bits per heavy atom. The summed E-state index contributed by atoms with van der Waals surface area (Å²) in [5.74, 6) is 4.82. The average Bonchev–Trinajstić information content (AvgIpc) is 2.35. The highest BCUT2D eigenvalue weighted by atomic mass is 16.2. The van der Waals surface area contributed by atoms with Gasteiger partial charge in [0.2, 0.25) is 5.91 Å². The Hall–Kier alpha value is -1.14. The minimum absolute atomic E-state index is 0.0311.